The van der Waals surface area contributed by atoms with Crippen LogP contribution in [-0.2, 0) is 14.3 Å². The molecule has 0 spiro atoms. The second-order valence-electron chi connectivity index (χ2n) is 3.80. The van der Waals surface area contributed by atoms with Gasteiger partial charge in [0, 0.05) is 11.9 Å². The number of esters is 1. The molecule has 1 aromatic carbocycles. The van der Waals surface area contributed by atoms with Gasteiger partial charge in [-0.3, -0.25) is 4.79 Å². The van der Waals surface area contributed by atoms with Crippen LogP contribution >= 0.6 is 0 Å². The Hall–Kier alpha value is -2.63. The van der Waals surface area contributed by atoms with Gasteiger partial charge in [0.05, 0.1) is 6.61 Å². The number of anilines is 1. The first-order chi connectivity index (χ1) is 9.54. The molecule has 0 aromatic heterocycles. The highest BCUT2D eigenvalue weighted by molar-refractivity contribution is 6.16. The molecule has 0 radical (unpaired) electrons. The summed E-state index contributed by atoms with van der Waals surface area (Å²) < 4.78 is 4.72. The number of benzene rings is 1. The normalized spacial score (nSPS) is 10.6. The number of hydrogen-bond acceptors (Lipinski definition) is 4. The summed E-state index contributed by atoms with van der Waals surface area (Å²) >= 11 is 0. The van der Waals surface area contributed by atoms with Gasteiger partial charge < -0.3 is 15.4 Å². The molecule has 0 aliphatic heterocycles. The molecule has 1 aromatic rings. The van der Waals surface area contributed by atoms with E-state index in [9.17, 15) is 14.4 Å². The van der Waals surface area contributed by atoms with Crippen LogP contribution in [0.25, 0.3) is 0 Å². The van der Waals surface area contributed by atoms with Crippen LogP contribution in [0.15, 0.2) is 42.1 Å². The Bertz CT molecular complexity index is 523. The van der Waals surface area contributed by atoms with Crippen molar-refractivity contribution in [2.45, 2.75) is 13.8 Å². The number of hydrogen-bond donors (Lipinski definition) is 2. The first-order valence-electron chi connectivity index (χ1n) is 6.05. The molecule has 6 nitrogen and oxygen atoms in total. The highest BCUT2D eigenvalue weighted by Crippen LogP contribution is 2.04. The maximum absolute atomic E-state index is 11.6. The van der Waals surface area contributed by atoms with Crippen molar-refractivity contribution in [2.24, 2.45) is 0 Å². The summed E-state index contributed by atoms with van der Waals surface area (Å²) in [5, 5.41) is 4.87. The molecule has 1 rings (SSSR count). The third-order valence-corrected chi connectivity index (χ3v) is 2.25. The Morgan fingerprint density at radius 1 is 1.20 bits per heavy atom. The summed E-state index contributed by atoms with van der Waals surface area (Å²) in [6.07, 6.45) is 1.04. The van der Waals surface area contributed by atoms with Crippen molar-refractivity contribution < 1.29 is 19.1 Å². The topological polar surface area (TPSA) is 84.5 Å². The first kappa shape index (κ1) is 15.4. The van der Waals surface area contributed by atoms with Gasteiger partial charge in [0.2, 0.25) is 0 Å². The Morgan fingerprint density at radius 2 is 1.85 bits per heavy atom. The Kier molecular flexibility index (Phi) is 5.96. The molecule has 0 bridgehead atoms. The zero-order valence-electron chi connectivity index (χ0n) is 11.3. The molecular formula is C14H16N2O4. The van der Waals surface area contributed by atoms with Crippen molar-refractivity contribution >= 4 is 23.5 Å². The summed E-state index contributed by atoms with van der Waals surface area (Å²) in [5.74, 6) is -1.25. The number of nitrogens with one attached hydrogen (secondary N) is 2. The lowest BCUT2D eigenvalue weighted by molar-refractivity contribution is -0.139. The molecule has 0 fully saturated rings. The molecule has 2 N–H and O–H groups in total. The second-order valence-corrected chi connectivity index (χ2v) is 3.80. The number of carbonyl (C=O) groups is 3. The minimum absolute atomic E-state index is 0.152. The number of urea groups is 1. The fraction of sp³-hybridized carbons (Fsp3) is 0.214. The standard InChI is InChI=1S/C14H16N2O4/c1-3-20-13(18)12(10(2)17)9-15-14(19)16-11-7-5-4-6-8-11/h4-9H,3H2,1-2H3,(H2,15,16,19)/b12-9-. The van der Waals surface area contributed by atoms with E-state index < -0.39 is 17.8 Å². The largest absolute Gasteiger partial charge is 0.462 e. The van der Waals surface area contributed by atoms with Gasteiger partial charge in [-0.05, 0) is 26.0 Å². The van der Waals surface area contributed by atoms with E-state index in [4.69, 9.17) is 4.74 Å². The molecule has 2 amide bonds. The molecular weight excluding hydrogens is 260 g/mol. The molecule has 106 valence electrons. The third-order valence-electron chi connectivity index (χ3n) is 2.25. The fourth-order valence-corrected chi connectivity index (χ4v) is 1.34. The van der Waals surface area contributed by atoms with E-state index in [1.807, 2.05) is 6.07 Å². The molecule has 0 unspecified atom stereocenters. The SMILES string of the molecule is CCOC(=O)/C(=C\NC(=O)Nc1ccccc1)C(C)=O. The first-order valence-corrected chi connectivity index (χ1v) is 6.05. The van der Waals surface area contributed by atoms with Gasteiger partial charge in [0.25, 0.3) is 0 Å². The number of carbonyl (C=O) groups excluding carboxylic acids is 3. The zero-order valence-corrected chi connectivity index (χ0v) is 11.3. The van der Waals surface area contributed by atoms with Crippen molar-refractivity contribution in [2.75, 3.05) is 11.9 Å². The number of rotatable bonds is 5. The zero-order chi connectivity index (χ0) is 15.0. The lowest BCUT2D eigenvalue weighted by atomic mass is 10.2. The van der Waals surface area contributed by atoms with Crippen molar-refractivity contribution in [3.05, 3.63) is 42.1 Å². The van der Waals surface area contributed by atoms with E-state index in [-0.39, 0.29) is 12.2 Å². The van der Waals surface area contributed by atoms with E-state index in [0.717, 1.165) is 6.20 Å². The third kappa shape index (κ3) is 4.93. The monoisotopic (exact) mass is 276 g/mol. The average Bonchev–Trinajstić information content (AvgIpc) is 2.40. The van der Waals surface area contributed by atoms with Crippen LogP contribution in [0.5, 0.6) is 0 Å². The van der Waals surface area contributed by atoms with Crippen molar-refractivity contribution in [1.29, 1.82) is 0 Å². The van der Waals surface area contributed by atoms with E-state index in [0.29, 0.717) is 5.69 Å². The molecule has 0 aliphatic rings. The maximum atomic E-state index is 11.6. The van der Waals surface area contributed by atoms with Crippen molar-refractivity contribution in [3.8, 4) is 0 Å². The molecule has 0 heterocycles. The summed E-state index contributed by atoms with van der Waals surface area (Å²) in [7, 11) is 0. The lowest BCUT2D eigenvalue weighted by Gasteiger charge is -2.06. The molecule has 0 aliphatic carbocycles. The molecule has 20 heavy (non-hydrogen) atoms. The van der Waals surface area contributed by atoms with E-state index in [1.54, 1.807) is 31.2 Å². The minimum atomic E-state index is -0.764. The highest BCUT2D eigenvalue weighted by atomic mass is 16.5. The number of amides is 2. The molecule has 0 atom stereocenters. The van der Waals surface area contributed by atoms with Crippen LogP contribution in [0.3, 0.4) is 0 Å². The van der Waals surface area contributed by atoms with Gasteiger partial charge in [0.1, 0.15) is 5.57 Å². The summed E-state index contributed by atoms with van der Waals surface area (Å²) in [4.78, 5) is 34.4. The van der Waals surface area contributed by atoms with Gasteiger partial charge in [-0.15, -0.1) is 0 Å². The summed E-state index contributed by atoms with van der Waals surface area (Å²) in [6.45, 7) is 3.00. The summed E-state index contributed by atoms with van der Waals surface area (Å²) in [6, 6.07) is 8.22. The highest BCUT2D eigenvalue weighted by Gasteiger charge is 2.15. The van der Waals surface area contributed by atoms with Crippen LogP contribution < -0.4 is 10.6 Å². The van der Waals surface area contributed by atoms with Gasteiger partial charge in [-0.25, -0.2) is 9.59 Å². The van der Waals surface area contributed by atoms with Crippen LogP contribution in [0.1, 0.15) is 13.8 Å². The maximum Gasteiger partial charge on any atom is 0.343 e. The van der Waals surface area contributed by atoms with Gasteiger partial charge in [0.15, 0.2) is 5.78 Å². The van der Waals surface area contributed by atoms with Crippen molar-refractivity contribution in [1.82, 2.24) is 5.32 Å². The number of Topliss-reactive ketones (excluding diaryl/α,β-unsaturated/α-hetero) is 1. The molecule has 0 saturated carbocycles. The van der Waals surface area contributed by atoms with E-state index >= 15 is 0 Å². The second kappa shape index (κ2) is 7.73. The minimum Gasteiger partial charge on any atom is -0.462 e. The van der Waals surface area contributed by atoms with E-state index in [1.165, 1.54) is 6.92 Å². The Morgan fingerprint density at radius 3 is 2.40 bits per heavy atom. The van der Waals surface area contributed by atoms with Crippen LogP contribution in [0.2, 0.25) is 0 Å². The Labute approximate surface area is 116 Å². The van der Waals surface area contributed by atoms with Gasteiger partial charge >= 0.3 is 12.0 Å². The summed E-state index contributed by atoms with van der Waals surface area (Å²) in [5.41, 5.74) is 0.383. The number of ketones is 1. The van der Waals surface area contributed by atoms with E-state index in [2.05, 4.69) is 10.6 Å². The number of para-hydroxylation sites is 1. The van der Waals surface area contributed by atoms with Crippen molar-refractivity contribution in [3.63, 3.8) is 0 Å². The fourth-order valence-electron chi connectivity index (χ4n) is 1.34. The Balaban J connectivity index is 2.65. The predicted octanol–water partition coefficient (Wildman–Crippen LogP) is 1.84. The van der Waals surface area contributed by atoms with Gasteiger partial charge in [-0.2, -0.15) is 0 Å². The number of ether oxygens (including phenoxy) is 1. The lowest BCUT2D eigenvalue weighted by Crippen LogP contribution is -2.26. The average molecular weight is 276 g/mol. The van der Waals surface area contributed by atoms with Gasteiger partial charge in [-0.1, -0.05) is 18.2 Å². The molecule has 0 saturated heterocycles. The quantitative estimate of drug-likeness (QED) is 0.372. The predicted molar refractivity (Wildman–Crippen MR) is 74.0 cm³/mol. The van der Waals surface area contributed by atoms with Crippen LogP contribution in [-0.4, -0.2) is 24.4 Å². The molecule has 6 heteroatoms. The van der Waals surface area contributed by atoms with Crippen LogP contribution in [0, 0.1) is 0 Å². The van der Waals surface area contributed by atoms with Crippen LogP contribution in [0.4, 0.5) is 10.5 Å². The smallest absolute Gasteiger partial charge is 0.343 e.